The largest absolute Gasteiger partial charge is 0.493 e. The number of thiazole rings is 1. The van der Waals surface area contributed by atoms with Gasteiger partial charge in [0.15, 0.2) is 11.5 Å². The number of methoxy groups -OCH3 is 2. The van der Waals surface area contributed by atoms with Crippen LogP contribution in [0.25, 0.3) is 10.6 Å². The molecule has 4 nitrogen and oxygen atoms in total. The second-order valence-corrected chi connectivity index (χ2v) is 7.17. The molecule has 3 aromatic rings. The van der Waals surface area contributed by atoms with E-state index in [1.54, 1.807) is 25.6 Å². The summed E-state index contributed by atoms with van der Waals surface area (Å²) in [6, 6.07) is 13.9. The minimum Gasteiger partial charge on any atom is -0.493 e. The number of nitrogens with one attached hydrogen (secondary N) is 1. The molecule has 1 heterocycles. The van der Waals surface area contributed by atoms with Crippen LogP contribution in [0.2, 0.25) is 5.02 Å². The number of hydrogen-bond acceptors (Lipinski definition) is 5. The number of aromatic nitrogens is 1. The van der Waals surface area contributed by atoms with Crippen LogP contribution < -0.4 is 14.8 Å². The summed E-state index contributed by atoms with van der Waals surface area (Å²) in [7, 11) is 3.27. The van der Waals surface area contributed by atoms with E-state index in [0.29, 0.717) is 18.0 Å². The van der Waals surface area contributed by atoms with E-state index < -0.39 is 0 Å². The Labute approximate surface area is 162 Å². The second-order valence-electron chi connectivity index (χ2n) is 5.87. The van der Waals surface area contributed by atoms with Crippen molar-refractivity contribution in [3.05, 3.63) is 64.1 Å². The summed E-state index contributed by atoms with van der Waals surface area (Å²) >= 11 is 7.68. The van der Waals surface area contributed by atoms with Gasteiger partial charge in [0.05, 0.1) is 19.9 Å². The molecule has 2 aromatic carbocycles. The quantitative estimate of drug-likeness (QED) is 0.594. The highest BCUT2D eigenvalue weighted by molar-refractivity contribution is 7.13. The smallest absolute Gasteiger partial charge is 0.161 e. The van der Waals surface area contributed by atoms with Crippen LogP contribution in [0.1, 0.15) is 24.2 Å². The van der Waals surface area contributed by atoms with Crippen molar-refractivity contribution in [3.8, 4) is 22.1 Å². The van der Waals surface area contributed by atoms with Crippen molar-refractivity contribution in [2.24, 2.45) is 0 Å². The topological polar surface area (TPSA) is 43.4 Å². The van der Waals surface area contributed by atoms with Gasteiger partial charge in [-0.15, -0.1) is 11.3 Å². The summed E-state index contributed by atoms with van der Waals surface area (Å²) in [6.07, 6.45) is 0. The molecule has 0 fully saturated rings. The number of benzene rings is 2. The van der Waals surface area contributed by atoms with Gasteiger partial charge in [0.25, 0.3) is 0 Å². The highest BCUT2D eigenvalue weighted by atomic mass is 35.5. The van der Waals surface area contributed by atoms with Gasteiger partial charge in [-0.2, -0.15) is 0 Å². The summed E-state index contributed by atoms with van der Waals surface area (Å²) in [4.78, 5) is 4.73. The van der Waals surface area contributed by atoms with Crippen molar-refractivity contribution in [1.29, 1.82) is 0 Å². The molecule has 0 amide bonds. The molecule has 0 bridgehead atoms. The fourth-order valence-corrected chi connectivity index (χ4v) is 3.66. The van der Waals surface area contributed by atoms with Gasteiger partial charge < -0.3 is 14.8 Å². The van der Waals surface area contributed by atoms with Crippen LogP contribution in [0, 0.1) is 0 Å². The maximum Gasteiger partial charge on any atom is 0.161 e. The summed E-state index contributed by atoms with van der Waals surface area (Å²) in [5.41, 5.74) is 3.18. The zero-order valence-corrected chi connectivity index (χ0v) is 16.5. The Bertz CT molecular complexity index is 882. The summed E-state index contributed by atoms with van der Waals surface area (Å²) in [5.74, 6) is 1.42. The van der Waals surface area contributed by atoms with Gasteiger partial charge in [0, 0.05) is 28.6 Å². The summed E-state index contributed by atoms with van der Waals surface area (Å²) in [5, 5.41) is 7.27. The molecule has 3 rings (SSSR count). The number of ether oxygens (including phenoxy) is 2. The van der Waals surface area contributed by atoms with E-state index in [1.165, 1.54) is 0 Å². The summed E-state index contributed by atoms with van der Waals surface area (Å²) < 4.78 is 10.7. The molecule has 136 valence electrons. The van der Waals surface area contributed by atoms with Crippen LogP contribution in [0.4, 0.5) is 0 Å². The van der Waals surface area contributed by atoms with E-state index in [1.807, 2.05) is 36.4 Å². The molecular formula is C20H21ClN2O2S. The standard InChI is InChI=1S/C20H21ClN2O2S/c1-13(14-5-4-6-16(21)9-14)22-11-17-12-26-20(23-17)15-7-8-18(24-2)19(10-15)25-3/h4-10,12-13,22H,11H2,1-3H3/t13-/m1/s1. The van der Waals surface area contributed by atoms with Gasteiger partial charge in [-0.25, -0.2) is 4.98 Å². The SMILES string of the molecule is COc1ccc(-c2nc(CN[C@H](C)c3cccc(Cl)c3)cs2)cc1OC. The van der Waals surface area contributed by atoms with Crippen molar-refractivity contribution in [1.82, 2.24) is 10.3 Å². The number of rotatable bonds is 7. The Hall–Kier alpha value is -2.08. The van der Waals surface area contributed by atoms with Crippen LogP contribution in [0.15, 0.2) is 47.8 Å². The predicted octanol–water partition coefficient (Wildman–Crippen LogP) is 5.33. The normalized spacial score (nSPS) is 12.0. The fourth-order valence-electron chi connectivity index (χ4n) is 2.64. The molecule has 0 aliphatic heterocycles. The third kappa shape index (κ3) is 4.36. The number of nitrogens with zero attached hydrogens (tertiary/aromatic N) is 1. The van der Waals surface area contributed by atoms with E-state index in [2.05, 4.69) is 23.7 Å². The highest BCUT2D eigenvalue weighted by Gasteiger charge is 2.11. The molecule has 0 unspecified atom stereocenters. The van der Waals surface area contributed by atoms with Crippen LogP contribution in [-0.2, 0) is 6.54 Å². The Kier molecular flexibility index (Phi) is 6.14. The van der Waals surface area contributed by atoms with Gasteiger partial charge in [0.1, 0.15) is 5.01 Å². The number of hydrogen-bond donors (Lipinski definition) is 1. The van der Waals surface area contributed by atoms with E-state index in [-0.39, 0.29) is 6.04 Å². The average Bonchev–Trinajstić information content (AvgIpc) is 3.14. The van der Waals surface area contributed by atoms with Crippen LogP contribution in [0.3, 0.4) is 0 Å². The Morgan fingerprint density at radius 1 is 1.12 bits per heavy atom. The molecule has 0 saturated heterocycles. The monoisotopic (exact) mass is 388 g/mol. The lowest BCUT2D eigenvalue weighted by Crippen LogP contribution is -2.18. The lowest BCUT2D eigenvalue weighted by molar-refractivity contribution is 0.355. The molecule has 0 radical (unpaired) electrons. The van der Waals surface area contributed by atoms with Crippen LogP contribution >= 0.6 is 22.9 Å². The third-order valence-electron chi connectivity index (χ3n) is 4.12. The molecule has 1 atom stereocenters. The molecule has 1 aromatic heterocycles. The minimum atomic E-state index is 0.194. The first-order chi connectivity index (χ1) is 12.6. The first-order valence-corrected chi connectivity index (χ1v) is 9.52. The van der Waals surface area contributed by atoms with Crippen molar-refractivity contribution < 1.29 is 9.47 Å². The van der Waals surface area contributed by atoms with Gasteiger partial charge in [0.2, 0.25) is 0 Å². The van der Waals surface area contributed by atoms with E-state index in [9.17, 15) is 0 Å². The van der Waals surface area contributed by atoms with Gasteiger partial charge >= 0.3 is 0 Å². The highest BCUT2D eigenvalue weighted by Crippen LogP contribution is 2.33. The first kappa shape index (κ1) is 18.7. The molecule has 0 spiro atoms. The fraction of sp³-hybridized carbons (Fsp3) is 0.250. The lowest BCUT2D eigenvalue weighted by atomic mass is 10.1. The molecule has 0 aliphatic carbocycles. The molecule has 0 aliphatic rings. The van der Waals surface area contributed by atoms with Gasteiger partial charge in [-0.1, -0.05) is 23.7 Å². The number of halogens is 1. The molecular weight excluding hydrogens is 368 g/mol. The van der Waals surface area contributed by atoms with E-state index in [4.69, 9.17) is 26.1 Å². The minimum absolute atomic E-state index is 0.194. The zero-order valence-electron chi connectivity index (χ0n) is 15.0. The van der Waals surface area contributed by atoms with Gasteiger partial charge in [-0.05, 0) is 42.8 Å². The van der Waals surface area contributed by atoms with Crippen molar-refractivity contribution in [3.63, 3.8) is 0 Å². The van der Waals surface area contributed by atoms with E-state index >= 15 is 0 Å². The first-order valence-electron chi connectivity index (χ1n) is 8.26. The molecule has 6 heteroatoms. The van der Waals surface area contributed by atoms with Crippen molar-refractivity contribution >= 4 is 22.9 Å². The second kappa shape index (κ2) is 8.54. The Morgan fingerprint density at radius 3 is 2.65 bits per heavy atom. The van der Waals surface area contributed by atoms with Crippen molar-refractivity contribution in [2.45, 2.75) is 19.5 Å². The average molecular weight is 389 g/mol. The maximum absolute atomic E-state index is 6.07. The van der Waals surface area contributed by atoms with Crippen molar-refractivity contribution in [2.75, 3.05) is 14.2 Å². The lowest BCUT2D eigenvalue weighted by Gasteiger charge is -2.13. The Balaban J connectivity index is 1.68. The maximum atomic E-state index is 6.07. The summed E-state index contributed by atoms with van der Waals surface area (Å²) in [6.45, 7) is 2.81. The van der Waals surface area contributed by atoms with E-state index in [0.717, 1.165) is 26.9 Å². The van der Waals surface area contributed by atoms with Crippen LogP contribution in [-0.4, -0.2) is 19.2 Å². The molecule has 0 saturated carbocycles. The Morgan fingerprint density at radius 2 is 1.92 bits per heavy atom. The molecule has 1 N–H and O–H groups in total. The van der Waals surface area contributed by atoms with Gasteiger partial charge in [-0.3, -0.25) is 0 Å². The van der Waals surface area contributed by atoms with Crippen LogP contribution in [0.5, 0.6) is 11.5 Å². The predicted molar refractivity (Wildman–Crippen MR) is 107 cm³/mol. The third-order valence-corrected chi connectivity index (χ3v) is 5.30. The molecule has 26 heavy (non-hydrogen) atoms. The zero-order chi connectivity index (χ0) is 18.5.